The molecule has 0 radical (unpaired) electrons. The number of rotatable bonds is 1. The summed E-state index contributed by atoms with van der Waals surface area (Å²) >= 11 is 0. The first-order valence-corrected chi connectivity index (χ1v) is 2.86. The second kappa shape index (κ2) is 4.54. The molecule has 0 unspecified atom stereocenters. The average Bonchev–Trinajstić information content (AvgIpc) is 1.94. The molecule has 0 aliphatic heterocycles. The number of hydrogen-bond donors (Lipinski definition) is 3. The summed E-state index contributed by atoms with van der Waals surface area (Å²) in [4.78, 5) is 10.3. The summed E-state index contributed by atoms with van der Waals surface area (Å²) in [5.41, 5.74) is -0.0553. The molecule has 0 saturated heterocycles. The van der Waals surface area contributed by atoms with Crippen molar-refractivity contribution in [2.24, 2.45) is 0 Å². The van der Waals surface area contributed by atoms with E-state index in [4.69, 9.17) is 15.3 Å². The van der Waals surface area contributed by atoms with Gasteiger partial charge in [-0.1, -0.05) is 0 Å². The Bertz CT molecular complexity index is 297. The molecular weight excluding hydrogens is 188 g/mol. The van der Waals surface area contributed by atoms with Crippen molar-refractivity contribution in [1.29, 1.82) is 0 Å². The van der Waals surface area contributed by atoms with Gasteiger partial charge in [0.25, 0.3) is 0 Å². The molecule has 1 aromatic carbocycles. The number of phenolic OH excluding ortho intramolecular Hbond substituents is 2. The van der Waals surface area contributed by atoms with Crippen LogP contribution in [0.15, 0.2) is 18.2 Å². The number of carboxylic acids is 1. The van der Waals surface area contributed by atoms with Gasteiger partial charge in [0.05, 0.1) is 5.56 Å². The summed E-state index contributed by atoms with van der Waals surface area (Å²) in [6, 6.07) is 3.31. The van der Waals surface area contributed by atoms with E-state index >= 15 is 0 Å². The van der Waals surface area contributed by atoms with Gasteiger partial charge in [0.1, 0.15) is 0 Å². The Morgan fingerprint density at radius 2 is 1.75 bits per heavy atom. The Hall–Kier alpha value is -0.450. The number of carbonyl (C=O) groups is 1. The van der Waals surface area contributed by atoms with Crippen LogP contribution in [0.2, 0.25) is 0 Å². The van der Waals surface area contributed by atoms with Gasteiger partial charge in [0, 0.05) is 0 Å². The van der Waals surface area contributed by atoms with E-state index in [1.54, 1.807) is 0 Å². The first kappa shape index (κ1) is 11.5. The summed E-state index contributed by atoms with van der Waals surface area (Å²) in [5, 5.41) is 26.0. The minimum absolute atomic E-state index is 0. The third kappa shape index (κ3) is 2.55. The summed E-state index contributed by atoms with van der Waals surface area (Å²) in [6.45, 7) is 0. The molecule has 0 heterocycles. The summed E-state index contributed by atoms with van der Waals surface area (Å²) in [5.74, 6) is -1.89. The normalized spacial score (nSPS) is 8.67. The van der Waals surface area contributed by atoms with Crippen LogP contribution >= 0.6 is 0 Å². The van der Waals surface area contributed by atoms with Gasteiger partial charge in [0.2, 0.25) is 0 Å². The molecule has 0 atom stereocenters. The molecule has 0 aromatic heterocycles. The standard InChI is InChI=1S/C7H6O4.Ca.2H/c8-5-2-1-4(7(10)11)3-6(5)9;;;/h1-3,8-9H,(H,10,11);;;. The number of hydrogen-bond acceptors (Lipinski definition) is 3. The van der Waals surface area contributed by atoms with Crippen molar-refractivity contribution in [3.05, 3.63) is 23.8 Å². The van der Waals surface area contributed by atoms with Crippen LogP contribution in [0.3, 0.4) is 0 Å². The molecule has 0 spiro atoms. The third-order valence-electron chi connectivity index (χ3n) is 1.22. The van der Waals surface area contributed by atoms with E-state index in [1.165, 1.54) is 6.07 Å². The second-order valence-electron chi connectivity index (χ2n) is 2.01. The van der Waals surface area contributed by atoms with Crippen LogP contribution in [0.1, 0.15) is 10.4 Å². The van der Waals surface area contributed by atoms with Crippen LogP contribution in [0.25, 0.3) is 0 Å². The van der Waals surface area contributed by atoms with E-state index in [2.05, 4.69) is 0 Å². The van der Waals surface area contributed by atoms with Crippen molar-refractivity contribution in [2.75, 3.05) is 0 Å². The number of aromatic hydroxyl groups is 2. The maximum atomic E-state index is 10.3. The predicted octanol–water partition coefficient (Wildman–Crippen LogP) is -0.120. The zero-order valence-corrected chi connectivity index (χ0v) is 5.48. The van der Waals surface area contributed by atoms with Crippen molar-refractivity contribution < 1.29 is 20.1 Å². The maximum absolute atomic E-state index is 10.3. The SMILES string of the molecule is O=C(O)c1ccc(O)c(O)c1.[CaH2]. The second-order valence-corrected chi connectivity index (χ2v) is 2.01. The Balaban J connectivity index is 0.00000121. The van der Waals surface area contributed by atoms with Gasteiger partial charge in [-0.15, -0.1) is 0 Å². The Morgan fingerprint density at radius 1 is 1.17 bits per heavy atom. The van der Waals surface area contributed by atoms with Gasteiger partial charge < -0.3 is 15.3 Å². The zero-order chi connectivity index (χ0) is 8.43. The molecule has 12 heavy (non-hydrogen) atoms. The molecule has 0 bridgehead atoms. The molecule has 62 valence electrons. The van der Waals surface area contributed by atoms with Crippen LogP contribution in [0.5, 0.6) is 11.5 Å². The molecule has 0 aliphatic rings. The zero-order valence-electron chi connectivity index (χ0n) is 5.48. The summed E-state index contributed by atoms with van der Waals surface area (Å²) < 4.78 is 0. The molecule has 0 amide bonds. The Kier molecular flexibility index (Phi) is 4.37. The van der Waals surface area contributed by atoms with Crippen molar-refractivity contribution >= 4 is 43.7 Å². The average molecular weight is 196 g/mol. The van der Waals surface area contributed by atoms with E-state index in [1.807, 2.05) is 0 Å². The van der Waals surface area contributed by atoms with Gasteiger partial charge in [0.15, 0.2) is 11.5 Å². The van der Waals surface area contributed by atoms with Gasteiger partial charge in [-0.25, -0.2) is 4.79 Å². The van der Waals surface area contributed by atoms with Gasteiger partial charge in [-0.3, -0.25) is 0 Å². The van der Waals surface area contributed by atoms with Gasteiger partial charge in [-0.05, 0) is 18.2 Å². The van der Waals surface area contributed by atoms with Crippen molar-refractivity contribution in [2.45, 2.75) is 0 Å². The van der Waals surface area contributed by atoms with E-state index in [9.17, 15) is 4.79 Å². The Morgan fingerprint density at radius 3 is 2.17 bits per heavy atom. The van der Waals surface area contributed by atoms with Gasteiger partial charge >= 0.3 is 43.7 Å². The van der Waals surface area contributed by atoms with Crippen molar-refractivity contribution in [3.8, 4) is 11.5 Å². The van der Waals surface area contributed by atoms with Crippen LogP contribution in [-0.2, 0) is 0 Å². The molecule has 1 aromatic rings. The van der Waals surface area contributed by atoms with Crippen LogP contribution in [0.4, 0.5) is 0 Å². The number of aromatic carboxylic acids is 1. The van der Waals surface area contributed by atoms with E-state index in [-0.39, 0.29) is 49.1 Å². The van der Waals surface area contributed by atoms with Crippen molar-refractivity contribution in [3.63, 3.8) is 0 Å². The fourth-order valence-corrected chi connectivity index (χ4v) is 0.656. The molecule has 4 nitrogen and oxygen atoms in total. The van der Waals surface area contributed by atoms with Gasteiger partial charge in [-0.2, -0.15) is 0 Å². The first-order valence-electron chi connectivity index (χ1n) is 2.86. The third-order valence-corrected chi connectivity index (χ3v) is 1.22. The fourth-order valence-electron chi connectivity index (χ4n) is 0.656. The summed E-state index contributed by atoms with van der Waals surface area (Å²) in [7, 11) is 0. The van der Waals surface area contributed by atoms with Crippen LogP contribution in [0, 0.1) is 0 Å². The minimum atomic E-state index is -1.14. The Labute approximate surface area is 98.5 Å². The van der Waals surface area contributed by atoms with E-state index in [0.29, 0.717) is 0 Å². The topological polar surface area (TPSA) is 77.8 Å². The number of phenols is 2. The molecular formula is C7H8CaO4. The molecule has 0 fully saturated rings. The quantitative estimate of drug-likeness (QED) is 0.432. The van der Waals surface area contributed by atoms with Crippen molar-refractivity contribution in [1.82, 2.24) is 0 Å². The van der Waals surface area contributed by atoms with Crippen LogP contribution < -0.4 is 0 Å². The van der Waals surface area contributed by atoms with E-state index in [0.717, 1.165) is 12.1 Å². The summed E-state index contributed by atoms with van der Waals surface area (Å²) in [6.07, 6.45) is 0. The molecule has 0 aliphatic carbocycles. The number of benzene rings is 1. The molecule has 3 N–H and O–H groups in total. The predicted molar refractivity (Wildman–Crippen MR) is 45.3 cm³/mol. The first-order chi connectivity index (χ1) is 5.11. The van der Waals surface area contributed by atoms with E-state index < -0.39 is 11.7 Å². The molecule has 5 heteroatoms. The number of carboxylic acid groups (broad SMARTS) is 1. The van der Waals surface area contributed by atoms with Crippen LogP contribution in [-0.4, -0.2) is 59.0 Å². The fraction of sp³-hybridized carbons (Fsp3) is 0. The monoisotopic (exact) mass is 196 g/mol. The molecule has 0 saturated carbocycles. The molecule has 1 rings (SSSR count).